The summed E-state index contributed by atoms with van der Waals surface area (Å²) in [6, 6.07) is 15.8. The van der Waals surface area contributed by atoms with Crippen LogP contribution in [0.4, 0.5) is 16.2 Å². The van der Waals surface area contributed by atoms with Gasteiger partial charge in [-0.2, -0.15) is 0 Å². The SMILES string of the molecule is CCOc1ccc(N2CCCN(C(=O)Nc3ccc(OC)cc3)C(C(C)C)C2)cc1. The highest BCUT2D eigenvalue weighted by Gasteiger charge is 2.31. The molecule has 1 heterocycles. The van der Waals surface area contributed by atoms with Gasteiger partial charge in [0.1, 0.15) is 11.5 Å². The van der Waals surface area contributed by atoms with E-state index >= 15 is 0 Å². The lowest BCUT2D eigenvalue weighted by Gasteiger charge is -2.35. The molecule has 0 aromatic heterocycles. The van der Waals surface area contributed by atoms with Crippen molar-refractivity contribution in [2.45, 2.75) is 33.2 Å². The smallest absolute Gasteiger partial charge is 0.322 e. The van der Waals surface area contributed by atoms with Gasteiger partial charge in [-0.3, -0.25) is 0 Å². The molecule has 0 bridgehead atoms. The van der Waals surface area contributed by atoms with Gasteiger partial charge < -0.3 is 24.6 Å². The van der Waals surface area contributed by atoms with E-state index in [-0.39, 0.29) is 12.1 Å². The molecule has 1 fully saturated rings. The van der Waals surface area contributed by atoms with Gasteiger partial charge in [0.25, 0.3) is 0 Å². The number of hydrogen-bond donors (Lipinski definition) is 1. The number of benzene rings is 2. The third kappa shape index (κ3) is 5.38. The summed E-state index contributed by atoms with van der Waals surface area (Å²) in [5, 5.41) is 3.05. The van der Waals surface area contributed by atoms with Gasteiger partial charge in [0.05, 0.1) is 19.8 Å². The minimum Gasteiger partial charge on any atom is -0.497 e. The first kappa shape index (κ1) is 21.8. The lowest BCUT2D eigenvalue weighted by molar-refractivity contribution is 0.175. The average molecular weight is 412 g/mol. The van der Waals surface area contributed by atoms with Gasteiger partial charge in [-0.25, -0.2) is 4.79 Å². The number of nitrogens with zero attached hydrogens (tertiary/aromatic N) is 2. The number of urea groups is 1. The fourth-order valence-electron chi connectivity index (χ4n) is 3.86. The first-order chi connectivity index (χ1) is 14.5. The molecule has 1 saturated heterocycles. The van der Waals surface area contributed by atoms with Crippen molar-refractivity contribution in [3.05, 3.63) is 48.5 Å². The van der Waals surface area contributed by atoms with E-state index in [4.69, 9.17) is 9.47 Å². The Morgan fingerprint density at radius 3 is 2.33 bits per heavy atom. The van der Waals surface area contributed by atoms with Crippen molar-refractivity contribution >= 4 is 17.4 Å². The Morgan fingerprint density at radius 1 is 1.07 bits per heavy atom. The molecule has 162 valence electrons. The number of nitrogens with one attached hydrogen (secondary N) is 1. The zero-order chi connectivity index (χ0) is 21.5. The molecular weight excluding hydrogens is 378 g/mol. The summed E-state index contributed by atoms with van der Waals surface area (Å²) >= 11 is 0. The van der Waals surface area contributed by atoms with Gasteiger partial charge in [-0.15, -0.1) is 0 Å². The van der Waals surface area contributed by atoms with Crippen LogP contribution in [0.15, 0.2) is 48.5 Å². The number of carbonyl (C=O) groups is 1. The van der Waals surface area contributed by atoms with Gasteiger partial charge in [0.2, 0.25) is 0 Å². The van der Waals surface area contributed by atoms with E-state index in [1.807, 2.05) is 48.2 Å². The van der Waals surface area contributed by atoms with Crippen molar-refractivity contribution in [1.82, 2.24) is 4.90 Å². The molecule has 0 saturated carbocycles. The largest absolute Gasteiger partial charge is 0.497 e. The maximum atomic E-state index is 13.1. The summed E-state index contributed by atoms with van der Waals surface area (Å²) < 4.78 is 10.8. The summed E-state index contributed by atoms with van der Waals surface area (Å²) in [5.74, 6) is 2.00. The number of ether oxygens (including phenoxy) is 2. The summed E-state index contributed by atoms with van der Waals surface area (Å²) in [6.07, 6.45) is 0.923. The molecule has 1 aliphatic heterocycles. The lowest BCUT2D eigenvalue weighted by Crippen LogP contribution is -2.49. The first-order valence-corrected chi connectivity index (χ1v) is 10.7. The van der Waals surface area contributed by atoms with Crippen molar-refractivity contribution in [3.63, 3.8) is 0 Å². The number of methoxy groups -OCH3 is 1. The lowest BCUT2D eigenvalue weighted by atomic mass is 10.0. The van der Waals surface area contributed by atoms with E-state index in [1.54, 1.807) is 7.11 Å². The van der Waals surface area contributed by atoms with E-state index in [0.29, 0.717) is 12.5 Å². The highest BCUT2D eigenvalue weighted by atomic mass is 16.5. The van der Waals surface area contributed by atoms with Crippen LogP contribution in [0.5, 0.6) is 11.5 Å². The summed E-state index contributed by atoms with van der Waals surface area (Å²) in [6.45, 7) is 9.47. The normalized spacial score (nSPS) is 16.9. The van der Waals surface area contributed by atoms with Crippen LogP contribution in [0.25, 0.3) is 0 Å². The van der Waals surface area contributed by atoms with Gasteiger partial charge in [-0.1, -0.05) is 13.8 Å². The second-order valence-corrected chi connectivity index (χ2v) is 7.89. The van der Waals surface area contributed by atoms with Crippen molar-refractivity contribution < 1.29 is 14.3 Å². The Morgan fingerprint density at radius 2 is 1.73 bits per heavy atom. The van der Waals surface area contributed by atoms with Gasteiger partial charge in [0.15, 0.2) is 0 Å². The molecule has 1 unspecified atom stereocenters. The van der Waals surface area contributed by atoms with Crippen LogP contribution >= 0.6 is 0 Å². The molecule has 1 aliphatic rings. The Bertz CT molecular complexity index is 805. The van der Waals surface area contributed by atoms with Gasteiger partial charge >= 0.3 is 6.03 Å². The predicted octanol–water partition coefficient (Wildman–Crippen LogP) is 4.86. The third-order valence-electron chi connectivity index (χ3n) is 5.52. The molecule has 0 radical (unpaired) electrons. The van der Waals surface area contributed by atoms with E-state index in [1.165, 1.54) is 5.69 Å². The summed E-state index contributed by atoms with van der Waals surface area (Å²) in [7, 11) is 1.63. The molecule has 1 N–H and O–H groups in total. The molecule has 2 aromatic rings. The quantitative estimate of drug-likeness (QED) is 0.737. The fourth-order valence-corrected chi connectivity index (χ4v) is 3.86. The molecule has 6 nitrogen and oxygen atoms in total. The Hall–Kier alpha value is -2.89. The van der Waals surface area contributed by atoms with Crippen LogP contribution in [0.2, 0.25) is 0 Å². The van der Waals surface area contributed by atoms with E-state index in [0.717, 1.165) is 43.2 Å². The van der Waals surface area contributed by atoms with Crippen molar-refractivity contribution in [2.75, 3.05) is 43.6 Å². The molecule has 3 rings (SSSR count). The van der Waals surface area contributed by atoms with Gasteiger partial charge in [-0.05, 0) is 67.8 Å². The standard InChI is InChI=1S/C24H33N3O3/c1-5-30-22-13-9-20(10-14-22)26-15-6-16-27(23(17-26)18(2)3)24(28)25-19-7-11-21(29-4)12-8-19/h7-14,18,23H,5-6,15-17H2,1-4H3,(H,25,28). The zero-order valence-electron chi connectivity index (χ0n) is 18.4. The molecule has 0 aliphatic carbocycles. The third-order valence-corrected chi connectivity index (χ3v) is 5.52. The monoisotopic (exact) mass is 411 g/mol. The topological polar surface area (TPSA) is 54.0 Å². The highest BCUT2D eigenvalue weighted by Crippen LogP contribution is 2.25. The van der Waals surface area contributed by atoms with Crippen molar-refractivity contribution in [1.29, 1.82) is 0 Å². The molecule has 0 spiro atoms. The van der Waals surface area contributed by atoms with Crippen LogP contribution in [-0.2, 0) is 0 Å². The second kappa shape index (κ2) is 10.2. The number of hydrogen-bond acceptors (Lipinski definition) is 4. The van der Waals surface area contributed by atoms with E-state index in [2.05, 4.69) is 36.2 Å². The molecule has 6 heteroatoms. The minimum atomic E-state index is -0.0487. The van der Waals surface area contributed by atoms with Crippen LogP contribution in [0, 0.1) is 5.92 Å². The van der Waals surface area contributed by atoms with Crippen LogP contribution in [0.1, 0.15) is 27.2 Å². The average Bonchev–Trinajstić information content (AvgIpc) is 2.98. The summed E-state index contributed by atoms with van der Waals surface area (Å²) in [4.78, 5) is 17.5. The summed E-state index contributed by atoms with van der Waals surface area (Å²) in [5.41, 5.74) is 1.94. The van der Waals surface area contributed by atoms with Crippen molar-refractivity contribution in [3.8, 4) is 11.5 Å². The molecular formula is C24H33N3O3. The van der Waals surface area contributed by atoms with E-state index < -0.39 is 0 Å². The number of amides is 2. The maximum absolute atomic E-state index is 13.1. The van der Waals surface area contributed by atoms with E-state index in [9.17, 15) is 4.79 Å². The van der Waals surface area contributed by atoms with Gasteiger partial charge in [0, 0.05) is 31.0 Å². The Labute approximate surface area is 179 Å². The van der Waals surface area contributed by atoms with Crippen LogP contribution in [0.3, 0.4) is 0 Å². The second-order valence-electron chi connectivity index (χ2n) is 7.89. The predicted molar refractivity (Wildman–Crippen MR) is 122 cm³/mol. The molecule has 1 atom stereocenters. The molecule has 2 aromatic carbocycles. The fraction of sp³-hybridized carbons (Fsp3) is 0.458. The first-order valence-electron chi connectivity index (χ1n) is 10.7. The highest BCUT2D eigenvalue weighted by molar-refractivity contribution is 5.89. The molecule has 30 heavy (non-hydrogen) atoms. The number of carbonyl (C=O) groups excluding carboxylic acids is 1. The van der Waals surface area contributed by atoms with Crippen LogP contribution < -0.4 is 19.7 Å². The molecule has 2 amide bonds. The van der Waals surface area contributed by atoms with Crippen molar-refractivity contribution in [2.24, 2.45) is 5.92 Å². The minimum absolute atomic E-state index is 0.0487. The Kier molecular flexibility index (Phi) is 7.44. The zero-order valence-corrected chi connectivity index (χ0v) is 18.4. The number of rotatable bonds is 6. The van der Waals surface area contributed by atoms with Crippen LogP contribution in [-0.4, -0.2) is 50.3 Å². The Balaban J connectivity index is 1.71. The number of anilines is 2. The maximum Gasteiger partial charge on any atom is 0.322 e.